The van der Waals surface area contributed by atoms with E-state index >= 15 is 0 Å². The SMILES string of the molecule is COc1ccc(C(=O)C2CCN(C(=O)[C@@H](NC(=O)c3c(F)cccc3F)C(C)C)CC2)cc1. The number of hydrogen-bond acceptors (Lipinski definition) is 4. The highest BCUT2D eigenvalue weighted by Gasteiger charge is 2.34. The number of benzene rings is 2. The van der Waals surface area contributed by atoms with Gasteiger partial charge < -0.3 is 15.0 Å². The summed E-state index contributed by atoms with van der Waals surface area (Å²) in [6.45, 7) is 4.22. The summed E-state index contributed by atoms with van der Waals surface area (Å²) >= 11 is 0. The van der Waals surface area contributed by atoms with Crippen molar-refractivity contribution in [3.63, 3.8) is 0 Å². The first-order valence-electron chi connectivity index (χ1n) is 10.9. The van der Waals surface area contributed by atoms with Crippen molar-refractivity contribution >= 4 is 17.6 Å². The Morgan fingerprint density at radius 3 is 2.09 bits per heavy atom. The van der Waals surface area contributed by atoms with Crippen molar-refractivity contribution in [1.29, 1.82) is 0 Å². The topological polar surface area (TPSA) is 75.7 Å². The monoisotopic (exact) mass is 458 g/mol. The number of amides is 2. The molecule has 1 N–H and O–H groups in total. The smallest absolute Gasteiger partial charge is 0.257 e. The third-order valence-corrected chi connectivity index (χ3v) is 5.96. The van der Waals surface area contributed by atoms with Gasteiger partial charge in [0.15, 0.2) is 5.78 Å². The van der Waals surface area contributed by atoms with Crippen molar-refractivity contribution in [1.82, 2.24) is 10.2 Å². The summed E-state index contributed by atoms with van der Waals surface area (Å²) in [5.74, 6) is -3.08. The molecule has 2 amide bonds. The maximum absolute atomic E-state index is 14.0. The van der Waals surface area contributed by atoms with Gasteiger partial charge in [0.2, 0.25) is 5.91 Å². The first-order valence-corrected chi connectivity index (χ1v) is 10.9. The molecule has 0 aliphatic carbocycles. The number of nitrogens with zero attached hydrogens (tertiary/aromatic N) is 1. The van der Waals surface area contributed by atoms with E-state index in [0.29, 0.717) is 37.2 Å². The van der Waals surface area contributed by atoms with Gasteiger partial charge in [0, 0.05) is 24.6 Å². The van der Waals surface area contributed by atoms with Crippen LogP contribution in [0.2, 0.25) is 0 Å². The molecule has 6 nitrogen and oxygen atoms in total. The molecular weight excluding hydrogens is 430 g/mol. The Balaban J connectivity index is 1.63. The molecule has 1 saturated heterocycles. The summed E-state index contributed by atoms with van der Waals surface area (Å²) < 4.78 is 33.1. The Kier molecular flexibility index (Phi) is 7.79. The second-order valence-corrected chi connectivity index (χ2v) is 8.48. The minimum absolute atomic E-state index is 0.0218. The molecule has 1 heterocycles. The van der Waals surface area contributed by atoms with E-state index in [1.54, 1.807) is 50.1 Å². The van der Waals surface area contributed by atoms with Crippen LogP contribution in [-0.4, -0.2) is 48.7 Å². The molecule has 2 aromatic carbocycles. The number of likely N-dealkylation sites (tertiary alicyclic amines) is 1. The van der Waals surface area contributed by atoms with Crippen LogP contribution in [0, 0.1) is 23.5 Å². The Hall–Kier alpha value is -3.29. The molecular formula is C25H28F2N2O4. The number of carbonyl (C=O) groups is 3. The molecule has 176 valence electrons. The third kappa shape index (κ3) is 5.56. The Labute approximate surface area is 191 Å². The largest absolute Gasteiger partial charge is 0.497 e. The van der Waals surface area contributed by atoms with E-state index < -0.39 is 29.1 Å². The summed E-state index contributed by atoms with van der Waals surface area (Å²) in [6.07, 6.45) is 0.995. The van der Waals surface area contributed by atoms with Gasteiger partial charge in [-0.1, -0.05) is 19.9 Å². The Morgan fingerprint density at radius 1 is 1.00 bits per heavy atom. The summed E-state index contributed by atoms with van der Waals surface area (Å²) in [5.41, 5.74) is -0.112. The molecule has 1 atom stereocenters. The van der Waals surface area contributed by atoms with Crippen LogP contribution in [0.25, 0.3) is 0 Å². The van der Waals surface area contributed by atoms with Gasteiger partial charge in [0.25, 0.3) is 5.91 Å². The molecule has 8 heteroatoms. The molecule has 0 aromatic heterocycles. The van der Waals surface area contributed by atoms with Gasteiger partial charge in [0.1, 0.15) is 29.0 Å². The zero-order valence-corrected chi connectivity index (χ0v) is 18.9. The third-order valence-electron chi connectivity index (χ3n) is 5.96. The highest BCUT2D eigenvalue weighted by Crippen LogP contribution is 2.24. The van der Waals surface area contributed by atoms with Crippen LogP contribution in [0.4, 0.5) is 8.78 Å². The first kappa shape index (κ1) is 24.4. The zero-order valence-electron chi connectivity index (χ0n) is 18.9. The van der Waals surface area contributed by atoms with Gasteiger partial charge in [0.05, 0.1) is 7.11 Å². The molecule has 0 saturated carbocycles. The second kappa shape index (κ2) is 10.6. The molecule has 33 heavy (non-hydrogen) atoms. The van der Waals surface area contributed by atoms with Crippen molar-refractivity contribution in [3.8, 4) is 5.75 Å². The number of ketones is 1. The zero-order chi connectivity index (χ0) is 24.1. The summed E-state index contributed by atoms with van der Waals surface area (Å²) in [6, 6.07) is 9.15. The number of rotatable bonds is 7. The quantitative estimate of drug-likeness (QED) is 0.640. The average Bonchev–Trinajstić information content (AvgIpc) is 2.81. The van der Waals surface area contributed by atoms with Gasteiger partial charge >= 0.3 is 0 Å². The van der Waals surface area contributed by atoms with E-state index in [9.17, 15) is 23.2 Å². The average molecular weight is 459 g/mol. The van der Waals surface area contributed by atoms with Gasteiger partial charge in [-0.25, -0.2) is 8.78 Å². The van der Waals surface area contributed by atoms with Gasteiger partial charge in [-0.05, 0) is 55.2 Å². The number of piperidine rings is 1. The highest BCUT2D eigenvalue weighted by molar-refractivity contribution is 5.99. The lowest BCUT2D eigenvalue weighted by Gasteiger charge is -2.35. The first-order chi connectivity index (χ1) is 15.7. The second-order valence-electron chi connectivity index (χ2n) is 8.48. The van der Waals surface area contributed by atoms with E-state index in [1.807, 2.05) is 0 Å². The highest BCUT2D eigenvalue weighted by atomic mass is 19.1. The maximum atomic E-state index is 14.0. The van der Waals surface area contributed by atoms with Crippen molar-refractivity contribution in [3.05, 3.63) is 65.2 Å². The number of nitrogens with one attached hydrogen (secondary N) is 1. The van der Waals surface area contributed by atoms with E-state index in [1.165, 1.54) is 6.07 Å². The summed E-state index contributed by atoms with van der Waals surface area (Å²) in [7, 11) is 1.56. The number of hydrogen-bond donors (Lipinski definition) is 1. The molecule has 0 spiro atoms. The van der Waals surface area contributed by atoms with Crippen LogP contribution in [0.3, 0.4) is 0 Å². The van der Waals surface area contributed by atoms with Crippen molar-refractivity contribution in [2.24, 2.45) is 11.8 Å². The number of methoxy groups -OCH3 is 1. The number of carbonyl (C=O) groups excluding carboxylic acids is 3. The molecule has 0 bridgehead atoms. The number of halogens is 2. The van der Waals surface area contributed by atoms with Crippen LogP contribution >= 0.6 is 0 Å². The standard InChI is InChI=1S/C25H28F2N2O4/c1-15(2)22(28-24(31)21-19(26)5-4-6-20(21)27)25(32)29-13-11-17(12-14-29)23(30)16-7-9-18(33-3)10-8-16/h4-10,15,17,22H,11-14H2,1-3H3,(H,28,31)/t22-/m0/s1. The Bertz CT molecular complexity index is 995. The van der Waals surface area contributed by atoms with E-state index in [4.69, 9.17) is 4.74 Å². The van der Waals surface area contributed by atoms with Crippen molar-refractivity contribution in [2.75, 3.05) is 20.2 Å². The lowest BCUT2D eigenvalue weighted by molar-refractivity contribution is -0.135. The molecule has 2 aromatic rings. The minimum Gasteiger partial charge on any atom is -0.497 e. The van der Waals surface area contributed by atoms with Gasteiger partial charge in [-0.2, -0.15) is 0 Å². The van der Waals surface area contributed by atoms with Crippen LogP contribution in [0.1, 0.15) is 47.4 Å². The van der Waals surface area contributed by atoms with Crippen LogP contribution < -0.4 is 10.1 Å². The number of ether oxygens (including phenoxy) is 1. The van der Waals surface area contributed by atoms with Crippen LogP contribution in [-0.2, 0) is 4.79 Å². The maximum Gasteiger partial charge on any atom is 0.257 e. The van der Waals surface area contributed by atoms with Crippen LogP contribution in [0.5, 0.6) is 5.75 Å². The van der Waals surface area contributed by atoms with Crippen molar-refractivity contribution in [2.45, 2.75) is 32.7 Å². The molecule has 1 fully saturated rings. The summed E-state index contributed by atoms with van der Waals surface area (Å²) in [5, 5.41) is 2.49. The van der Waals surface area contributed by atoms with E-state index in [-0.39, 0.29) is 23.5 Å². The molecule has 3 rings (SSSR count). The van der Waals surface area contributed by atoms with Gasteiger partial charge in [-0.3, -0.25) is 14.4 Å². The van der Waals surface area contributed by atoms with E-state index in [0.717, 1.165) is 12.1 Å². The Morgan fingerprint density at radius 2 is 1.58 bits per heavy atom. The number of Topliss-reactive ketones (excluding diaryl/α,β-unsaturated/α-hetero) is 1. The lowest BCUT2D eigenvalue weighted by Crippen LogP contribution is -2.53. The van der Waals surface area contributed by atoms with Crippen molar-refractivity contribution < 1.29 is 27.9 Å². The molecule has 0 unspecified atom stereocenters. The van der Waals surface area contributed by atoms with Gasteiger partial charge in [-0.15, -0.1) is 0 Å². The predicted molar refractivity (Wildman–Crippen MR) is 119 cm³/mol. The minimum atomic E-state index is -0.986. The predicted octanol–water partition coefficient (Wildman–Crippen LogP) is 3.85. The fourth-order valence-electron chi connectivity index (χ4n) is 3.99. The molecule has 0 radical (unpaired) electrons. The fourth-order valence-corrected chi connectivity index (χ4v) is 3.99. The van der Waals surface area contributed by atoms with Crippen LogP contribution in [0.15, 0.2) is 42.5 Å². The summed E-state index contributed by atoms with van der Waals surface area (Å²) in [4.78, 5) is 40.0. The normalized spacial score (nSPS) is 15.3. The molecule has 1 aliphatic heterocycles. The molecule has 1 aliphatic rings. The fraction of sp³-hybridized carbons (Fsp3) is 0.400. The lowest BCUT2D eigenvalue weighted by atomic mass is 9.88. The van der Waals surface area contributed by atoms with E-state index in [2.05, 4.69) is 5.32 Å².